The monoisotopic (exact) mass is 328 g/mol. The average molecular weight is 328 g/mol. The lowest BCUT2D eigenvalue weighted by molar-refractivity contribution is 0.223. The molecule has 0 fully saturated rings. The second-order valence-corrected chi connectivity index (χ2v) is 5.21. The average Bonchev–Trinajstić information content (AvgIpc) is 2.59. The van der Waals surface area contributed by atoms with Gasteiger partial charge in [-0.2, -0.15) is 5.11 Å². The van der Waals surface area contributed by atoms with Crippen molar-refractivity contribution in [2.75, 3.05) is 37.7 Å². The molecule has 2 aromatic rings. The molecule has 2 rings (SSSR count). The summed E-state index contributed by atoms with van der Waals surface area (Å²) in [6.07, 6.45) is 0. The fraction of sp³-hybridized carbons (Fsp3) is 0.353. The number of nitrogens with zero attached hydrogens (tertiary/aromatic N) is 4. The van der Waals surface area contributed by atoms with Crippen molar-refractivity contribution in [1.29, 1.82) is 0 Å². The Bertz CT molecular complexity index is 667. The Kier molecular flexibility index (Phi) is 6.51. The summed E-state index contributed by atoms with van der Waals surface area (Å²) >= 11 is 0. The maximum absolute atomic E-state index is 5.74. The van der Waals surface area contributed by atoms with Crippen LogP contribution in [0.3, 0.4) is 0 Å². The number of rotatable bonds is 8. The van der Waals surface area contributed by atoms with E-state index in [1.165, 1.54) is 0 Å². The first-order chi connectivity index (χ1) is 11.6. The molecule has 4 N–H and O–H groups in total. The number of hydrogen-bond donors (Lipinski definition) is 2. The maximum Gasteiger partial charge on any atom is 0.153 e. The van der Waals surface area contributed by atoms with Gasteiger partial charge in [0.05, 0.1) is 5.69 Å². The van der Waals surface area contributed by atoms with E-state index in [1.54, 1.807) is 12.1 Å². The van der Waals surface area contributed by atoms with Gasteiger partial charge in [0.1, 0.15) is 23.9 Å². The molecule has 128 valence electrons. The number of nitrogen functional groups attached to an aromatic ring is 2. The van der Waals surface area contributed by atoms with Crippen LogP contribution in [0.4, 0.5) is 23.0 Å². The highest BCUT2D eigenvalue weighted by atomic mass is 16.5. The van der Waals surface area contributed by atoms with Crippen LogP contribution in [0.5, 0.6) is 5.75 Å². The molecule has 0 bridgehead atoms. The lowest BCUT2D eigenvalue weighted by Gasteiger charge is -2.17. The molecule has 0 saturated carbocycles. The number of anilines is 2. The highest BCUT2D eigenvalue weighted by Gasteiger charge is 2.01. The third kappa shape index (κ3) is 5.20. The highest BCUT2D eigenvalue weighted by molar-refractivity contribution is 5.60. The van der Waals surface area contributed by atoms with E-state index < -0.39 is 0 Å². The predicted molar refractivity (Wildman–Crippen MR) is 97.0 cm³/mol. The van der Waals surface area contributed by atoms with Crippen LogP contribution in [-0.4, -0.2) is 36.1 Å². The van der Waals surface area contributed by atoms with Gasteiger partial charge in [-0.15, -0.1) is 5.11 Å². The summed E-state index contributed by atoms with van der Waals surface area (Å²) in [5.74, 6) is 1.43. The first-order valence-corrected chi connectivity index (χ1v) is 8.01. The lowest BCUT2D eigenvalue weighted by atomic mass is 10.3. The maximum atomic E-state index is 5.74. The number of ether oxygens (including phenoxy) is 1. The van der Waals surface area contributed by atoms with Crippen molar-refractivity contribution in [1.82, 2.24) is 9.88 Å². The van der Waals surface area contributed by atoms with Crippen molar-refractivity contribution >= 4 is 23.0 Å². The van der Waals surface area contributed by atoms with Gasteiger partial charge in [-0.3, -0.25) is 0 Å². The standard InChI is InChI=1S/C17H24N6O/c1-3-23(4-2)11-12-24-14-7-5-13(6-8-14)21-22-15-9-10-16(18)20-17(15)19/h5-10H,3-4,11-12H2,1-2H3,(H4,18,19,20). The molecular weight excluding hydrogens is 304 g/mol. The summed E-state index contributed by atoms with van der Waals surface area (Å²) in [5, 5.41) is 8.23. The first kappa shape index (κ1) is 17.7. The van der Waals surface area contributed by atoms with E-state index in [0.29, 0.717) is 23.8 Å². The summed E-state index contributed by atoms with van der Waals surface area (Å²) in [7, 11) is 0. The summed E-state index contributed by atoms with van der Waals surface area (Å²) in [5.41, 5.74) is 12.5. The second kappa shape index (κ2) is 8.83. The fourth-order valence-electron chi connectivity index (χ4n) is 2.12. The molecule has 7 heteroatoms. The van der Waals surface area contributed by atoms with Crippen LogP contribution in [0.1, 0.15) is 13.8 Å². The molecule has 7 nitrogen and oxygen atoms in total. The topological polar surface area (TPSA) is 102 Å². The van der Waals surface area contributed by atoms with Gasteiger partial charge < -0.3 is 21.1 Å². The second-order valence-electron chi connectivity index (χ2n) is 5.21. The molecule has 1 aromatic heterocycles. The molecule has 0 amide bonds. The molecule has 0 radical (unpaired) electrons. The number of azo groups is 1. The largest absolute Gasteiger partial charge is 0.492 e. The van der Waals surface area contributed by atoms with Crippen molar-refractivity contribution in [3.63, 3.8) is 0 Å². The van der Waals surface area contributed by atoms with Gasteiger partial charge in [0.2, 0.25) is 0 Å². The van der Waals surface area contributed by atoms with Gasteiger partial charge >= 0.3 is 0 Å². The fourth-order valence-corrected chi connectivity index (χ4v) is 2.12. The molecule has 1 aromatic carbocycles. The molecule has 1 heterocycles. The van der Waals surface area contributed by atoms with Crippen LogP contribution in [0.2, 0.25) is 0 Å². The third-order valence-electron chi connectivity index (χ3n) is 3.60. The zero-order chi connectivity index (χ0) is 17.4. The van der Waals surface area contributed by atoms with E-state index in [2.05, 4.69) is 34.0 Å². The number of nitrogens with two attached hydrogens (primary N) is 2. The van der Waals surface area contributed by atoms with E-state index in [1.807, 2.05) is 24.3 Å². The molecule has 0 saturated heterocycles. The third-order valence-corrected chi connectivity index (χ3v) is 3.60. The molecule has 0 unspecified atom stereocenters. The molecule has 0 aliphatic carbocycles. The first-order valence-electron chi connectivity index (χ1n) is 8.01. The number of benzene rings is 1. The summed E-state index contributed by atoms with van der Waals surface area (Å²) in [4.78, 5) is 6.25. The van der Waals surface area contributed by atoms with Gasteiger partial charge in [0.25, 0.3) is 0 Å². The van der Waals surface area contributed by atoms with Crippen LogP contribution in [0.25, 0.3) is 0 Å². The highest BCUT2D eigenvalue weighted by Crippen LogP contribution is 2.24. The number of likely N-dealkylation sites (N-methyl/N-ethyl adjacent to an activating group) is 1. The molecular formula is C17H24N6O. The van der Waals surface area contributed by atoms with Crippen LogP contribution >= 0.6 is 0 Å². The quantitative estimate of drug-likeness (QED) is 0.723. The van der Waals surface area contributed by atoms with E-state index in [4.69, 9.17) is 16.2 Å². The van der Waals surface area contributed by atoms with Crippen LogP contribution in [0, 0.1) is 0 Å². The van der Waals surface area contributed by atoms with Gasteiger partial charge in [0.15, 0.2) is 5.82 Å². The molecule has 0 spiro atoms. The van der Waals surface area contributed by atoms with Gasteiger partial charge in [0, 0.05) is 6.54 Å². The van der Waals surface area contributed by atoms with E-state index in [9.17, 15) is 0 Å². The Morgan fingerprint density at radius 3 is 2.33 bits per heavy atom. The Morgan fingerprint density at radius 1 is 1.00 bits per heavy atom. The Labute approximate surface area is 142 Å². The lowest BCUT2D eigenvalue weighted by Crippen LogP contribution is -2.27. The molecule has 24 heavy (non-hydrogen) atoms. The number of pyridine rings is 1. The summed E-state index contributed by atoms with van der Waals surface area (Å²) < 4.78 is 5.73. The van der Waals surface area contributed by atoms with Crippen molar-refractivity contribution < 1.29 is 4.74 Å². The van der Waals surface area contributed by atoms with E-state index >= 15 is 0 Å². The molecule has 0 aliphatic rings. The summed E-state index contributed by atoms with van der Waals surface area (Å²) in [6.45, 7) is 7.93. The van der Waals surface area contributed by atoms with Crippen molar-refractivity contribution in [2.45, 2.75) is 13.8 Å². The van der Waals surface area contributed by atoms with Gasteiger partial charge in [-0.25, -0.2) is 4.98 Å². The van der Waals surface area contributed by atoms with Crippen molar-refractivity contribution in [3.05, 3.63) is 36.4 Å². The minimum atomic E-state index is 0.259. The normalized spacial score (nSPS) is 11.3. The number of hydrogen-bond acceptors (Lipinski definition) is 7. The smallest absolute Gasteiger partial charge is 0.153 e. The van der Waals surface area contributed by atoms with Crippen LogP contribution in [-0.2, 0) is 0 Å². The van der Waals surface area contributed by atoms with Crippen molar-refractivity contribution in [3.8, 4) is 5.75 Å². The van der Waals surface area contributed by atoms with Crippen LogP contribution in [0.15, 0.2) is 46.6 Å². The zero-order valence-electron chi connectivity index (χ0n) is 14.1. The van der Waals surface area contributed by atoms with Crippen LogP contribution < -0.4 is 16.2 Å². The van der Waals surface area contributed by atoms with E-state index in [0.717, 1.165) is 25.4 Å². The number of aromatic nitrogens is 1. The zero-order valence-corrected chi connectivity index (χ0v) is 14.1. The minimum absolute atomic E-state index is 0.259. The minimum Gasteiger partial charge on any atom is -0.492 e. The Hall–Kier alpha value is -2.67. The molecule has 0 aliphatic heterocycles. The Balaban J connectivity index is 1.90. The van der Waals surface area contributed by atoms with Crippen molar-refractivity contribution in [2.24, 2.45) is 10.2 Å². The van der Waals surface area contributed by atoms with Gasteiger partial charge in [-0.1, -0.05) is 13.8 Å². The predicted octanol–water partition coefficient (Wildman–Crippen LogP) is 3.38. The van der Waals surface area contributed by atoms with E-state index in [-0.39, 0.29) is 5.82 Å². The Morgan fingerprint density at radius 2 is 1.71 bits per heavy atom. The SMILES string of the molecule is CCN(CC)CCOc1ccc(N=Nc2ccc(N)nc2N)cc1. The van der Waals surface area contributed by atoms with Gasteiger partial charge in [-0.05, 0) is 49.5 Å². The summed E-state index contributed by atoms with van der Waals surface area (Å²) in [6, 6.07) is 10.8. The molecule has 0 atom stereocenters.